The number of piperidine rings is 3. The van der Waals surface area contributed by atoms with Gasteiger partial charge in [0.05, 0.1) is 16.9 Å². The van der Waals surface area contributed by atoms with Crippen LogP contribution in [-0.2, 0) is 17.7 Å². The first-order valence-electron chi connectivity index (χ1n) is 7.43. The molecule has 0 amide bonds. The van der Waals surface area contributed by atoms with Crippen LogP contribution in [0.5, 0.6) is 0 Å². The minimum atomic E-state index is 0.242. The van der Waals surface area contributed by atoms with Gasteiger partial charge in [-0.1, -0.05) is 24.3 Å². The molecule has 23 heavy (non-hydrogen) atoms. The number of benzene rings is 1. The molecule has 3 nitrogen and oxygen atoms in total. The van der Waals surface area contributed by atoms with Crippen LogP contribution in [0.4, 0.5) is 0 Å². The van der Waals surface area contributed by atoms with Crippen molar-refractivity contribution < 1.29 is 17.7 Å². The molecule has 0 aliphatic carbocycles. The van der Waals surface area contributed by atoms with Crippen molar-refractivity contribution in [3.05, 3.63) is 47.8 Å². The summed E-state index contributed by atoms with van der Waals surface area (Å²) in [5.41, 5.74) is 2.71. The van der Waals surface area contributed by atoms with Gasteiger partial charge in [-0.2, -0.15) is 0 Å². The molecule has 2 aromatic rings. The fraction of sp³-hybridized carbons (Fsp3) is 0.294. The van der Waals surface area contributed by atoms with E-state index in [4.69, 9.17) is 20.3 Å². The first-order valence-corrected chi connectivity index (χ1v) is 10.3. The van der Waals surface area contributed by atoms with Crippen LogP contribution in [-0.4, -0.2) is 28.8 Å². The minimum absolute atomic E-state index is 0.242. The van der Waals surface area contributed by atoms with E-state index in [1.54, 1.807) is 0 Å². The van der Waals surface area contributed by atoms with Crippen molar-refractivity contribution in [3.8, 4) is 0 Å². The third-order valence-electron chi connectivity index (χ3n) is 4.36. The molecule has 5 rings (SSSR count). The molecule has 4 heterocycles. The third kappa shape index (κ3) is 3.71. The van der Waals surface area contributed by atoms with Gasteiger partial charge in [0, 0.05) is 24.4 Å². The van der Waals surface area contributed by atoms with Gasteiger partial charge in [-0.15, -0.1) is 0 Å². The number of hydrogen-bond acceptors (Lipinski definition) is 3. The number of fused-ring (bicyclic) bond motifs is 4. The van der Waals surface area contributed by atoms with E-state index in [0.717, 1.165) is 48.2 Å². The van der Waals surface area contributed by atoms with E-state index in [1.807, 2.05) is 30.3 Å². The number of allylic oxidation sites excluding steroid dienone is 1. The van der Waals surface area contributed by atoms with Gasteiger partial charge in [-0.05, 0) is 31.1 Å². The number of rotatable bonds is 1. The van der Waals surface area contributed by atoms with E-state index >= 15 is 0 Å². The standard InChI is InChI=1S/C17H16N2O.2ClH.Co/c20-17-13-7-9-19(10-8-13)16(17)11-14-6-5-12-3-1-2-4-15(12)18-14;;;/h1-6,11,13H,7-10H2;2*1H;/q;;;+3/p-2. The summed E-state index contributed by atoms with van der Waals surface area (Å²) in [6, 6.07) is 12.1. The molecule has 3 fully saturated rings. The van der Waals surface area contributed by atoms with Crippen molar-refractivity contribution in [2.45, 2.75) is 12.8 Å². The average Bonchev–Trinajstić information content (AvgIpc) is 2.59. The first-order chi connectivity index (χ1) is 11.2. The Balaban J connectivity index is 0.000000485. The van der Waals surface area contributed by atoms with Gasteiger partial charge < -0.3 is 4.90 Å². The molecular formula is C17H16Cl2CoN2O+. The zero-order chi connectivity index (χ0) is 16.2. The summed E-state index contributed by atoms with van der Waals surface area (Å²) in [4.78, 5) is 19.2. The Hall–Kier alpha value is -1.07. The van der Waals surface area contributed by atoms with Gasteiger partial charge in [0.1, 0.15) is 0 Å². The maximum atomic E-state index is 12.3. The molecular weight excluding hydrogens is 378 g/mol. The maximum absolute atomic E-state index is 12.3. The molecule has 0 atom stereocenters. The molecule has 0 saturated carbocycles. The van der Waals surface area contributed by atoms with E-state index in [9.17, 15) is 4.79 Å². The van der Waals surface area contributed by atoms with Crippen molar-refractivity contribution >= 4 is 43.1 Å². The predicted octanol–water partition coefficient (Wildman–Crippen LogP) is 4.25. The van der Waals surface area contributed by atoms with Crippen molar-refractivity contribution in [1.29, 1.82) is 0 Å². The predicted molar refractivity (Wildman–Crippen MR) is 90.7 cm³/mol. The number of hydrogen-bond donors (Lipinski definition) is 0. The summed E-state index contributed by atoms with van der Waals surface area (Å²) in [6.45, 7) is 2.02. The normalized spacial score (nSPS) is 19.3. The van der Waals surface area contributed by atoms with Crippen molar-refractivity contribution in [3.63, 3.8) is 0 Å². The van der Waals surface area contributed by atoms with Gasteiger partial charge in [0.2, 0.25) is 0 Å². The summed E-state index contributed by atoms with van der Waals surface area (Å²) in [5.74, 6) is 0.546. The fourth-order valence-corrected chi connectivity index (χ4v) is 3.21. The Bertz CT molecular complexity index is 742. The molecule has 0 radical (unpaired) electrons. The molecule has 3 aliphatic rings. The van der Waals surface area contributed by atoms with Crippen molar-refractivity contribution in [1.82, 2.24) is 9.88 Å². The topological polar surface area (TPSA) is 33.2 Å². The van der Waals surface area contributed by atoms with Crippen LogP contribution < -0.4 is 0 Å². The molecule has 122 valence electrons. The van der Waals surface area contributed by atoms with Gasteiger partial charge in [-0.3, -0.25) is 4.79 Å². The second-order valence-corrected chi connectivity index (χ2v) is 7.35. The monoisotopic (exact) mass is 393 g/mol. The zero-order valence-electron chi connectivity index (χ0n) is 12.3. The quantitative estimate of drug-likeness (QED) is 0.679. The zero-order valence-corrected chi connectivity index (χ0v) is 14.9. The average molecular weight is 394 g/mol. The molecule has 0 N–H and O–H groups in total. The number of nitrogens with zero attached hydrogens (tertiary/aromatic N) is 2. The van der Waals surface area contributed by atoms with Gasteiger partial charge in [0.25, 0.3) is 0 Å². The molecule has 2 bridgehead atoms. The summed E-state index contributed by atoms with van der Waals surface area (Å²) in [6.07, 6.45) is 3.99. The van der Waals surface area contributed by atoms with Gasteiger partial charge in [0.15, 0.2) is 5.78 Å². The summed E-state index contributed by atoms with van der Waals surface area (Å²) >= 11 is 0.382. The van der Waals surface area contributed by atoms with E-state index in [2.05, 4.69) is 22.0 Å². The van der Waals surface area contributed by atoms with Crippen LogP contribution in [0.15, 0.2) is 42.1 Å². The number of carbonyl (C=O) groups is 1. The van der Waals surface area contributed by atoms with Gasteiger partial charge >= 0.3 is 33.2 Å². The number of Topliss-reactive ketones (excluding diaryl/α,β-unsaturated/α-hetero) is 1. The molecule has 0 spiro atoms. The van der Waals surface area contributed by atoms with E-state index in [0.29, 0.717) is 18.7 Å². The second-order valence-electron chi connectivity index (χ2n) is 5.63. The Morgan fingerprint density at radius 1 is 1.13 bits per heavy atom. The Labute approximate surface area is 150 Å². The van der Waals surface area contributed by atoms with E-state index in [-0.39, 0.29) is 5.92 Å². The summed E-state index contributed by atoms with van der Waals surface area (Å²) in [7, 11) is 9.47. The number of ketones is 1. The SMILES string of the molecule is O=C1C(=Cc2ccc3ccccc3n2)N2CCC1CC2.[Cl][Co+][Cl]. The van der Waals surface area contributed by atoms with Crippen LogP contribution in [0, 0.1) is 5.92 Å². The summed E-state index contributed by atoms with van der Waals surface area (Å²) in [5, 5.41) is 1.13. The second kappa shape index (κ2) is 7.66. The van der Waals surface area contributed by atoms with Crippen LogP contribution >= 0.6 is 20.3 Å². The third-order valence-corrected chi connectivity index (χ3v) is 4.36. The number of aromatic nitrogens is 1. The van der Waals surface area contributed by atoms with Crippen LogP contribution in [0.1, 0.15) is 18.5 Å². The van der Waals surface area contributed by atoms with Crippen molar-refractivity contribution in [2.24, 2.45) is 5.92 Å². The van der Waals surface area contributed by atoms with Crippen LogP contribution in [0.25, 0.3) is 17.0 Å². The van der Waals surface area contributed by atoms with Gasteiger partial charge in [-0.25, -0.2) is 4.98 Å². The van der Waals surface area contributed by atoms with E-state index < -0.39 is 0 Å². The Morgan fingerprint density at radius 3 is 2.52 bits per heavy atom. The molecule has 0 unspecified atom stereocenters. The van der Waals surface area contributed by atoms with Crippen LogP contribution in [0.2, 0.25) is 0 Å². The van der Waals surface area contributed by atoms with Crippen LogP contribution in [0.3, 0.4) is 0 Å². The molecule has 1 aromatic heterocycles. The van der Waals surface area contributed by atoms with E-state index in [1.165, 1.54) is 0 Å². The number of pyridine rings is 1. The molecule has 1 aromatic carbocycles. The molecule has 3 aliphatic heterocycles. The Kier molecular flexibility index (Phi) is 5.59. The number of carbonyl (C=O) groups excluding carboxylic acids is 1. The summed E-state index contributed by atoms with van der Waals surface area (Å²) < 4.78 is 0. The van der Waals surface area contributed by atoms with Crippen molar-refractivity contribution in [2.75, 3.05) is 13.1 Å². The molecule has 6 heteroatoms. The Morgan fingerprint density at radius 2 is 1.83 bits per heavy atom. The fourth-order valence-electron chi connectivity index (χ4n) is 3.21. The number of para-hydroxylation sites is 1. The molecule has 3 saturated heterocycles. The first kappa shape index (κ1) is 16.8. The number of halogens is 2.